The molecule has 1 aromatic carbocycles. The third-order valence-electron chi connectivity index (χ3n) is 7.95. The largest absolute Gasteiger partial charge is 0.495 e. The van der Waals surface area contributed by atoms with E-state index in [4.69, 9.17) is 9.47 Å². The molecule has 1 aliphatic carbocycles. The van der Waals surface area contributed by atoms with Gasteiger partial charge in [-0.15, -0.1) is 0 Å². The van der Waals surface area contributed by atoms with Crippen molar-refractivity contribution in [1.82, 2.24) is 14.5 Å². The van der Waals surface area contributed by atoms with E-state index >= 15 is 0 Å². The summed E-state index contributed by atoms with van der Waals surface area (Å²) >= 11 is 0. The number of carbonyl (C=O) groups excluding carboxylic acids is 2. The minimum atomic E-state index is -0.375. The van der Waals surface area contributed by atoms with Gasteiger partial charge in [-0.3, -0.25) is 9.59 Å². The molecule has 0 spiro atoms. The number of pyridine rings is 1. The summed E-state index contributed by atoms with van der Waals surface area (Å²) in [5.74, 6) is 1.37. The average molecular weight is 516 g/mol. The van der Waals surface area contributed by atoms with Gasteiger partial charge < -0.3 is 24.3 Å². The number of fused-ring (bicyclic) bond motifs is 1. The number of anilines is 1. The van der Waals surface area contributed by atoms with Gasteiger partial charge in [0.2, 0.25) is 5.91 Å². The van der Waals surface area contributed by atoms with Crippen molar-refractivity contribution in [2.45, 2.75) is 44.4 Å². The van der Waals surface area contributed by atoms with Crippen molar-refractivity contribution in [1.29, 1.82) is 5.26 Å². The van der Waals surface area contributed by atoms with Gasteiger partial charge in [0.1, 0.15) is 23.2 Å². The van der Waals surface area contributed by atoms with Gasteiger partial charge in [-0.05, 0) is 55.4 Å². The molecule has 1 saturated heterocycles. The van der Waals surface area contributed by atoms with Crippen molar-refractivity contribution in [2.75, 3.05) is 32.6 Å². The van der Waals surface area contributed by atoms with Crippen LogP contribution in [-0.2, 0) is 11.8 Å². The SMILES string of the molecule is COc1ccc(C(=O)Nc2cnc3c(c(C4CCN(C(=O)C5CCCC5)CC4)cn3C)c2OC)cc1C#N. The monoisotopic (exact) mass is 515 g/mol. The number of hydrogen-bond acceptors (Lipinski definition) is 6. The van der Waals surface area contributed by atoms with E-state index in [9.17, 15) is 14.9 Å². The lowest BCUT2D eigenvalue weighted by atomic mass is 9.88. The smallest absolute Gasteiger partial charge is 0.255 e. The molecule has 3 heterocycles. The number of hydrogen-bond donors (Lipinski definition) is 1. The fourth-order valence-electron chi connectivity index (χ4n) is 5.93. The van der Waals surface area contributed by atoms with Crippen LogP contribution in [0.4, 0.5) is 5.69 Å². The van der Waals surface area contributed by atoms with Crippen molar-refractivity contribution in [3.8, 4) is 17.6 Å². The maximum absolute atomic E-state index is 13.1. The van der Waals surface area contributed by atoms with E-state index in [1.54, 1.807) is 25.4 Å². The van der Waals surface area contributed by atoms with Gasteiger partial charge in [0.05, 0.1) is 31.4 Å². The van der Waals surface area contributed by atoms with Crippen LogP contribution < -0.4 is 14.8 Å². The second-order valence-electron chi connectivity index (χ2n) is 10.2. The molecule has 1 aliphatic heterocycles. The van der Waals surface area contributed by atoms with Crippen molar-refractivity contribution in [2.24, 2.45) is 13.0 Å². The number of carbonyl (C=O) groups is 2. The van der Waals surface area contributed by atoms with Crippen LogP contribution in [0.15, 0.2) is 30.6 Å². The molecule has 0 atom stereocenters. The first-order valence-electron chi connectivity index (χ1n) is 13.1. The van der Waals surface area contributed by atoms with Gasteiger partial charge in [0, 0.05) is 37.8 Å². The molecular formula is C29H33N5O4. The Hall–Kier alpha value is -4.06. The first-order valence-corrected chi connectivity index (χ1v) is 13.1. The molecule has 0 radical (unpaired) electrons. The molecule has 9 nitrogen and oxygen atoms in total. The summed E-state index contributed by atoms with van der Waals surface area (Å²) in [6, 6.07) is 6.77. The Morgan fingerprint density at radius 3 is 2.50 bits per heavy atom. The lowest BCUT2D eigenvalue weighted by Crippen LogP contribution is -2.40. The van der Waals surface area contributed by atoms with E-state index in [0.717, 1.165) is 68.2 Å². The third kappa shape index (κ3) is 4.67. The average Bonchev–Trinajstić information content (AvgIpc) is 3.61. The number of piperidine rings is 1. The molecule has 5 rings (SSSR count). The molecule has 2 fully saturated rings. The highest BCUT2D eigenvalue weighted by Crippen LogP contribution is 2.42. The fourth-order valence-corrected chi connectivity index (χ4v) is 5.93. The van der Waals surface area contributed by atoms with Crippen molar-refractivity contribution < 1.29 is 19.1 Å². The van der Waals surface area contributed by atoms with Gasteiger partial charge in [0.15, 0.2) is 5.75 Å². The van der Waals surface area contributed by atoms with Crippen molar-refractivity contribution in [3.05, 3.63) is 47.3 Å². The molecule has 198 valence electrons. The number of rotatable bonds is 6. The topological polar surface area (TPSA) is 109 Å². The Kier molecular flexibility index (Phi) is 7.23. The lowest BCUT2D eigenvalue weighted by molar-refractivity contribution is -0.136. The number of aryl methyl sites for hydroxylation is 1. The molecule has 2 aromatic heterocycles. The summed E-state index contributed by atoms with van der Waals surface area (Å²) in [7, 11) is 5.03. The third-order valence-corrected chi connectivity index (χ3v) is 7.95. The van der Waals surface area contributed by atoms with Crippen LogP contribution in [0.25, 0.3) is 11.0 Å². The highest BCUT2D eigenvalue weighted by Gasteiger charge is 2.32. The minimum absolute atomic E-state index is 0.203. The van der Waals surface area contributed by atoms with Crippen LogP contribution in [0, 0.1) is 17.2 Å². The summed E-state index contributed by atoms with van der Waals surface area (Å²) in [6.07, 6.45) is 9.80. The number of ether oxygens (including phenoxy) is 2. The summed E-state index contributed by atoms with van der Waals surface area (Å²) in [5, 5.41) is 13.2. The Morgan fingerprint density at radius 2 is 1.84 bits per heavy atom. The van der Waals surface area contributed by atoms with Crippen LogP contribution in [0.2, 0.25) is 0 Å². The summed E-state index contributed by atoms with van der Waals surface area (Å²) in [6.45, 7) is 1.50. The molecular weight excluding hydrogens is 482 g/mol. The Labute approximate surface area is 222 Å². The summed E-state index contributed by atoms with van der Waals surface area (Å²) in [5.41, 5.74) is 2.96. The minimum Gasteiger partial charge on any atom is -0.495 e. The van der Waals surface area contributed by atoms with E-state index in [2.05, 4.69) is 22.6 Å². The van der Waals surface area contributed by atoms with Crippen molar-refractivity contribution in [3.63, 3.8) is 0 Å². The maximum atomic E-state index is 13.1. The van der Waals surface area contributed by atoms with Gasteiger partial charge >= 0.3 is 0 Å². The second kappa shape index (κ2) is 10.7. The number of aromatic nitrogens is 2. The molecule has 38 heavy (non-hydrogen) atoms. The quantitative estimate of drug-likeness (QED) is 0.513. The fraction of sp³-hybridized carbons (Fsp3) is 0.448. The van der Waals surface area contributed by atoms with Gasteiger partial charge in [0.25, 0.3) is 5.91 Å². The molecule has 1 N–H and O–H groups in total. The first-order chi connectivity index (χ1) is 18.4. The van der Waals surface area contributed by atoms with Crippen LogP contribution in [0.3, 0.4) is 0 Å². The highest BCUT2D eigenvalue weighted by atomic mass is 16.5. The molecule has 1 saturated carbocycles. The van der Waals surface area contributed by atoms with Crippen LogP contribution in [0.1, 0.15) is 65.9 Å². The summed E-state index contributed by atoms with van der Waals surface area (Å²) < 4.78 is 13.0. The predicted octanol–water partition coefficient (Wildman–Crippen LogP) is 4.61. The molecule has 9 heteroatoms. The number of likely N-dealkylation sites (tertiary alicyclic amines) is 1. The van der Waals surface area contributed by atoms with Crippen molar-refractivity contribution >= 4 is 28.5 Å². The van der Waals surface area contributed by atoms with E-state index in [1.807, 2.05) is 16.5 Å². The molecule has 0 bridgehead atoms. The zero-order valence-corrected chi connectivity index (χ0v) is 22.1. The van der Waals surface area contributed by atoms with E-state index < -0.39 is 0 Å². The van der Waals surface area contributed by atoms with Gasteiger partial charge in [-0.2, -0.15) is 5.26 Å². The Morgan fingerprint density at radius 1 is 1.11 bits per heavy atom. The molecule has 0 unspecified atom stereocenters. The number of amides is 2. The molecule has 3 aromatic rings. The predicted molar refractivity (Wildman–Crippen MR) is 143 cm³/mol. The van der Waals surface area contributed by atoms with Gasteiger partial charge in [-0.25, -0.2) is 4.98 Å². The standard InChI is InChI=1S/C29H33N5O4/c1-33-17-22(18-10-12-34(13-11-18)29(36)19-6-4-5-7-19)25-26(38-3)23(16-31-27(25)33)32-28(35)20-8-9-24(37-2)21(14-20)15-30/h8-9,14,16-19H,4-7,10-13H2,1-3H3,(H,32,35). The van der Waals surface area contributed by atoms with Crippen LogP contribution in [-0.4, -0.2) is 53.6 Å². The number of nitrogens with zero attached hydrogens (tertiary/aromatic N) is 4. The number of benzene rings is 1. The lowest BCUT2D eigenvalue weighted by Gasteiger charge is -2.33. The Bertz CT molecular complexity index is 1410. The number of nitriles is 1. The second-order valence-corrected chi connectivity index (χ2v) is 10.2. The highest BCUT2D eigenvalue weighted by molar-refractivity contribution is 6.07. The first kappa shape index (κ1) is 25.6. The number of nitrogens with one attached hydrogen (secondary N) is 1. The van der Waals surface area contributed by atoms with Crippen LogP contribution in [0.5, 0.6) is 11.5 Å². The zero-order chi connectivity index (χ0) is 26.8. The van der Waals surface area contributed by atoms with E-state index in [1.165, 1.54) is 13.2 Å². The zero-order valence-electron chi connectivity index (χ0n) is 22.1. The summed E-state index contributed by atoms with van der Waals surface area (Å²) in [4.78, 5) is 32.7. The molecule has 2 amide bonds. The van der Waals surface area contributed by atoms with E-state index in [-0.39, 0.29) is 23.3 Å². The number of methoxy groups -OCH3 is 2. The van der Waals surface area contributed by atoms with Crippen LogP contribution >= 0.6 is 0 Å². The maximum Gasteiger partial charge on any atom is 0.255 e. The normalized spacial score (nSPS) is 16.4. The Balaban J connectivity index is 1.40. The van der Waals surface area contributed by atoms with E-state index in [0.29, 0.717) is 28.7 Å². The van der Waals surface area contributed by atoms with Gasteiger partial charge in [-0.1, -0.05) is 12.8 Å². The molecule has 2 aliphatic rings.